The Morgan fingerprint density at radius 2 is 1.88 bits per heavy atom. The van der Waals surface area contributed by atoms with E-state index >= 15 is 0 Å². The Balaban J connectivity index is 1.52. The first-order valence-electron chi connectivity index (χ1n) is 10.9. The molecule has 0 spiro atoms. The third kappa shape index (κ3) is 4.36. The second-order valence-corrected chi connectivity index (χ2v) is 9.59. The maximum Gasteiger partial charge on any atom is 0.258 e. The van der Waals surface area contributed by atoms with Gasteiger partial charge in [0.15, 0.2) is 15.9 Å². The van der Waals surface area contributed by atoms with Gasteiger partial charge in [0, 0.05) is 34.1 Å². The summed E-state index contributed by atoms with van der Waals surface area (Å²) >= 11 is 2.97. The molecule has 2 aromatic carbocycles. The zero-order valence-electron chi connectivity index (χ0n) is 19.1. The maximum atomic E-state index is 12.6. The van der Waals surface area contributed by atoms with E-state index in [0.717, 1.165) is 44.9 Å². The fourth-order valence-corrected chi connectivity index (χ4v) is 5.47. The van der Waals surface area contributed by atoms with Crippen LogP contribution in [0.2, 0.25) is 0 Å². The van der Waals surface area contributed by atoms with Crippen molar-refractivity contribution in [3.8, 4) is 22.8 Å². The van der Waals surface area contributed by atoms with Gasteiger partial charge in [-0.05, 0) is 51.1 Å². The molecule has 0 amide bonds. The van der Waals surface area contributed by atoms with Gasteiger partial charge < -0.3 is 4.74 Å². The van der Waals surface area contributed by atoms with Crippen LogP contribution in [0.1, 0.15) is 23.9 Å². The third-order valence-electron chi connectivity index (χ3n) is 5.29. The summed E-state index contributed by atoms with van der Waals surface area (Å²) in [6.45, 7) is 6.55. The minimum atomic E-state index is -0.0622. The molecule has 0 aliphatic heterocycles. The Hall–Kier alpha value is -3.43. The number of nitrogens with zero attached hydrogens (tertiary/aromatic N) is 5. The van der Waals surface area contributed by atoms with Gasteiger partial charge in [0.1, 0.15) is 5.75 Å². The van der Waals surface area contributed by atoms with Crippen LogP contribution in [0, 0.1) is 13.8 Å². The molecule has 9 heteroatoms. The summed E-state index contributed by atoms with van der Waals surface area (Å²) in [5.41, 5.74) is 4.62. The summed E-state index contributed by atoms with van der Waals surface area (Å²) in [7, 11) is 0. The molecule has 0 aliphatic rings. The predicted molar refractivity (Wildman–Crippen MR) is 136 cm³/mol. The number of aryl methyl sites for hydroxylation is 2. The van der Waals surface area contributed by atoms with Gasteiger partial charge in [0.25, 0.3) is 5.56 Å². The summed E-state index contributed by atoms with van der Waals surface area (Å²) in [4.78, 5) is 17.9. The minimum absolute atomic E-state index is 0.0622. The third-order valence-corrected chi connectivity index (χ3v) is 7.20. The van der Waals surface area contributed by atoms with E-state index in [1.807, 2.05) is 60.2 Å². The second kappa shape index (κ2) is 9.44. The van der Waals surface area contributed by atoms with Gasteiger partial charge >= 0.3 is 0 Å². The molecule has 0 radical (unpaired) electrons. The highest BCUT2D eigenvalue weighted by Gasteiger charge is 2.17. The first kappa shape index (κ1) is 22.4. The maximum absolute atomic E-state index is 12.6. The Morgan fingerprint density at radius 1 is 1.06 bits per heavy atom. The van der Waals surface area contributed by atoms with E-state index < -0.39 is 0 Å². The van der Waals surface area contributed by atoms with E-state index in [4.69, 9.17) is 4.74 Å². The molecule has 7 nitrogen and oxygen atoms in total. The number of thioether (sulfide) groups is 1. The largest absolute Gasteiger partial charge is 0.494 e. The zero-order chi connectivity index (χ0) is 23.7. The number of rotatable bonds is 7. The van der Waals surface area contributed by atoms with Crippen LogP contribution in [0.4, 0.5) is 0 Å². The molecule has 0 N–H and O–H groups in total. The number of hydrogen-bond donors (Lipinski definition) is 0. The lowest BCUT2D eigenvalue weighted by Gasteiger charge is -2.12. The number of fused-ring (bicyclic) bond motifs is 1. The van der Waals surface area contributed by atoms with E-state index in [1.54, 1.807) is 10.5 Å². The second-order valence-electron chi connectivity index (χ2n) is 7.81. The zero-order valence-corrected chi connectivity index (χ0v) is 20.7. The molecule has 0 unspecified atom stereocenters. The van der Waals surface area contributed by atoms with E-state index in [0.29, 0.717) is 17.3 Å². The van der Waals surface area contributed by atoms with Gasteiger partial charge in [0.2, 0.25) is 0 Å². The van der Waals surface area contributed by atoms with Crippen LogP contribution in [0.15, 0.2) is 69.9 Å². The lowest BCUT2D eigenvalue weighted by atomic mass is 10.1. The van der Waals surface area contributed by atoms with Crippen LogP contribution >= 0.6 is 23.1 Å². The highest BCUT2D eigenvalue weighted by Crippen LogP contribution is 2.30. The van der Waals surface area contributed by atoms with Crippen molar-refractivity contribution in [1.82, 2.24) is 24.1 Å². The van der Waals surface area contributed by atoms with Crippen LogP contribution in [0.5, 0.6) is 5.75 Å². The smallest absolute Gasteiger partial charge is 0.258 e. The van der Waals surface area contributed by atoms with Crippen LogP contribution in [-0.2, 0) is 5.75 Å². The topological polar surface area (TPSA) is 74.3 Å². The van der Waals surface area contributed by atoms with Crippen molar-refractivity contribution in [2.75, 3.05) is 6.61 Å². The number of ether oxygens (including phenoxy) is 1. The van der Waals surface area contributed by atoms with E-state index in [1.165, 1.54) is 23.1 Å². The van der Waals surface area contributed by atoms with E-state index in [2.05, 4.69) is 34.2 Å². The Morgan fingerprint density at radius 3 is 2.65 bits per heavy atom. The normalized spacial score (nSPS) is 11.3. The molecule has 0 aliphatic carbocycles. The molecule has 0 saturated carbocycles. The van der Waals surface area contributed by atoms with Gasteiger partial charge in [-0.25, -0.2) is 4.98 Å². The van der Waals surface area contributed by atoms with Gasteiger partial charge in [-0.15, -0.1) is 21.5 Å². The van der Waals surface area contributed by atoms with Crippen molar-refractivity contribution in [2.24, 2.45) is 0 Å². The first-order chi connectivity index (χ1) is 16.5. The van der Waals surface area contributed by atoms with Crippen molar-refractivity contribution in [3.63, 3.8) is 0 Å². The Labute approximate surface area is 205 Å². The van der Waals surface area contributed by atoms with Crippen molar-refractivity contribution >= 4 is 28.1 Å². The quantitative estimate of drug-likeness (QED) is 0.288. The molecule has 0 bridgehead atoms. The molecule has 172 valence electrons. The van der Waals surface area contributed by atoms with Crippen LogP contribution in [-0.4, -0.2) is 30.8 Å². The number of aromatic nitrogens is 5. The summed E-state index contributed by atoms with van der Waals surface area (Å²) in [6.07, 6.45) is 0. The van der Waals surface area contributed by atoms with Crippen molar-refractivity contribution in [2.45, 2.75) is 31.7 Å². The standard InChI is InChI=1S/C25H23N5O2S2/c1-4-32-21-10-8-20(9-11-21)30-23(18-7-5-6-16(2)12-18)27-28-25(30)34-15-19-13-22(31)29-17(3)14-33-24(29)26-19/h5-14H,4,15H2,1-3H3. The highest BCUT2D eigenvalue weighted by atomic mass is 32.2. The monoisotopic (exact) mass is 489 g/mol. The summed E-state index contributed by atoms with van der Waals surface area (Å²) in [6, 6.07) is 17.7. The Kier molecular flexibility index (Phi) is 6.21. The van der Waals surface area contributed by atoms with Crippen LogP contribution < -0.4 is 10.3 Å². The molecule has 3 aromatic heterocycles. The number of hydrogen-bond acceptors (Lipinski definition) is 7. The molecule has 0 saturated heterocycles. The van der Waals surface area contributed by atoms with Crippen LogP contribution in [0.25, 0.3) is 22.0 Å². The SMILES string of the molecule is CCOc1ccc(-n2c(SCc3cc(=O)n4c(C)csc4n3)nnc2-c2cccc(C)c2)cc1. The molecule has 5 aromatic rings. The van der Waals surface area contributed by atoms with Gasteiger partial charge in [-0.1, -0.05) is 35.5 Å². The van der Waals surface area contributed by atoms with Gasteiger partial charge in [0.05, 0.1) is 12.3 Å². The van der Waals surface area contributed by atoms with E-state index in [-0.39, 0.29) is 5.56 Å². The average Bonchev–Trinajstić information content (AvgIpc) is 3.42. The van der Waals surface area contributed by atoms with Crippen molar-refractivity contribution in [3.05, 3.63) is 87.3 Å². The van der Waals surface area contributed by atoms with Crippen molar-refractivity contribution in [1.29, 1.82) is 0 Å². The molecule has 0 atom stereocenters. The molecular formula is C25H23N5O2S2. The lowest BCUT2D eigenvalue weighted by molar-refractivity contribution is 0.340. The number of thiazole rings is 1. The molecule has 3 heterocycles. The van der Waals surface area contributed by atoms with Crippen molar-refractivity contribution < 1.29 is 4.74 Å². The summed E-state index contributed by atoms with van der Waals surface area (Å²) in [5, 5.41) is 11.7. The first-order valence-corrected chi connectivity index (χ1v) is 12.8. The van der Waals surface area contributed by atoms with E-state index in [9.17, 15) is 4.79 Å². The Bertz CT molecular complexity index is 1520. The average molecular weight is 490 g/mol. The molecule has 5 rings (SSSR count). The fraction of sp³-hybridized carbons (Fsp3) is 0.200. The minimum Gasteiger partial charge on any atom is -0.494 e. The van der Waals surface area contributed by atoms with Crippen LogP contribution in [0.3, 0.4) is 0 Å². The lowest BCUT2D eigenvalue weighted by Crippen LogP contribution is -2.14. The predicted octanol–water partition coefficient (Wildman–Crippen LogP) is 5.31. The summed E-state index contributed by atoms with van der Waals surface area (Å²) in [5.74, 6) is 2.08. The van der Waals surface area contributed by atoms with Gasteiger partial charge in [-0.3, -0.25) is 13.8 Å². The molecular weight excluding hydrogens is 466 g/mol. The highest BCUT2D eigenvalue weighted by molar-refractivity contribution is 7.98. The molecule has 0 fully saturated rings. The van der Waals surface area contributed by atoms with Gasteiger partial charge in [-0.2, -0.15) is 0 Å². The number of benzene rings is 2. The molecule has 34 heavy (non-hydrogen) atoms. The summed E-state index contributed by atoms with van der Waals surface area (Å²) < 4.78 is 9.28. The fourth-order valence-electron chi connectivity index (χ4n) is 3.74.